The molecule has 6 nitrogen and oxygen atoms in total. The summed E-state index contributed by atoms with van der Waals surface area (Å²) < 4.78 is 26.4. The van der Waals surface area contributed by atoms with Gasteiger partial charge in [0.25, 0.3) is 10.0 Å². The third kappa shape index (κ3) is 3.33. The van der Waals surface area contributed by atoms with Gasteiger partial charge in [-0.15, -0.1) is 11.3 Å². The second kappa shape index (κ2) is 5.58. The Bertz CT molecular complexity index is 559. The molecule has 2 rings (SSSR count). The SMILES string of the molecule is C[NH+]1CCN(S(=O)(=O)c2ccc(CC(=O)[O-])s2)CC1. The van der Waals surface area contributed by atoms with Crippen molar-refractivity contribution in [3.8, 4) is 0 Å². The van der Waals surface area contributed by atoms with E-state index in [-0.39, 0.29) is 10.6 Å². The maximum Gasteiger partial charge on any atom is 0.252 e. The number of aliphatic carboxylic acids is 1. The Balaban J connectivity index is 2.15. The minimum Gasteiger partial charge on any atom is -0.550 e. The quantitative estimate of drug-likeness (QED) is 0.670. The third-order valence-electron chi connectivity index (χ3n) is 3.13. The second-order valence-corrected chi connectivity index (χ2v) is 7.96. The lowest BCUT2D eigenvalue weighted by molar-refractivity contribution is -0.883. The topological polar surface area (TPSA) is 82.0 Å². The Morgan fingerprint density at radius 1 is 1.42 bits per heavy atom. The zero-order chi connectivity index (χ0) is 14.0. The molecule has 0 unspecified atom stereocenters. The summed E-state index contributed by atoms with van der Waals surface area (Å²) in [5, 5.41) is 10.5. The zero-order valence-corrected chi connectivity index (χ0v) is 12.2. The number of likely N-dealkylation sites (N-methyl/N-ethyl adjacent to an activating group) is 1. The van der Waals surface area contributed by atoms with E-state index in [2.05, 4.69) is 0 Å². The molecule has 0 atom stereocenters. The number of piperazine rings is 1. The van der Waals surface area contributed by atoms with E-state index in [1.54, 1.807) is 0 Å². The maximum atomic E-state index is 12.4. The highest BCUT2D eigenvalue weighted by atomic mass is 32.2. The summed E-state index contributed by atoms with van der Waals surface area (Å²) in [6, 6.07) is 3.01. The normalized spacial score (nSPS) is 18.6. The van der Waals surface area contributed by atoms with Crippen molar-refractivity contribution in [2.45, 2.75) is 10.6 Å². The molecule has 1 aromatic rings. The lowest BCUT2D eigenvalue weighted by Gasteiger charge is -2.28. The van der Waals surface area contributed by atoms with Crippen molar-refractivity contribution in [2.75, 3.05) is 33.2 Å². The summed E-state index contributed by atoms with van der Waals surface area (Å²) in [7, 11) is -1.44. The van der Waals surface area contributed by atoms with Gasteiger partial charge in [-0.1, -0.05) is 0 Å². The van der Waals surface area contributed by atoms with Gasteiger partial charge < -0.3 is 14.8 Å². The standard InChI is InChI=1S/C11H16N2O4S2/c1-12-4-6-13(7-5-12)19(16,17)11-3-2-9(18-11)8-10(14)15/h2-3H,4-8H2,1H3,(H,14,15). The summed E-state index contributed by atoms with van der Waals surface area (Å²) >= 11 is 1.01. The van der Waals surface area contributed by atoms with E-state index in [1.165, 1.54) is 21.3 Å². The number of carboxylic acids is 1. The molecule has 0 saturated carbocycles. The number of carbonyl (C=O) groups is 1. The van der Waals surface area contributed by atoms with Gasteiger partial charge in [-0.2, -0.15) is 4.31 Å². The molecule has 0 aliphatic carbocycles. The van der Waals surface area contributed by atoms with Crippen molar-refractivity contribution in [1.29, 1.82) is 0 Å². The predicted molar refractivity (Wildman–Crippen MR) is 68.4 cm³/mol. The van der Waals surface area contributed by atoms with E-state index in [9.17, 15) is 18.3 Å². The Morgan fingerprint density at radius 2 is 2.05 bits per heavy atom. The van der Waals surface area contributed by atoms with E-state index in [0.29, 0.717) is 18.0 Å². The van der Waals surface area contributed by atoms with Crippen LogP contribution in [0.1, 0.15) is 4.88 Å². The Morgan fingerprint density at radius 3 is 2.63 bits per heavy atom. The Kier molecular flexibility index (Phi) is 4.24. The van der Waals surface area contributed by atoms with Gasteiger partial charge in [0.2, 0.25) is 0 Å². The van der Waals surface area contributed by atoms with Crippen molar-refractivity contribution in [1.82, 2.24) is 4.31 Å². The van der Waals surface area contributed by atoms with Crippen LogP contribution in [0.2, 0.25) is 0 Å². The molecule has 8 heteroatoms. The summed E-state index contributed by atoms with van der Waals surface area (Å²) in [5.41, 5.74) is 0. The molecule has 1 fully saturated rings. The molecular formula is C11H16N2O4S2. The van der Waals surface area contributed by atoms with E-state index >= 15 is 0 Å². The number of rotatable bonds is 4. The highest BCUT2D eigenvalue weighted by molar-refractivity contribution is 7.91. The van der Waals surface area contributed by atoms with Crippen LogP contribution in [0.4, 0.5) is 0 Å². The number of nitrogens with zero attached hydrogens (tertiary/aromatic N) is 1. The Labute approximate surface area is 116 Å². The van der Waals surface area contributed by atoms with Crippen LogP contribution in [0, 0.1) is 0 Å². The average molecular weight is 304 g/mol. The van der Waals surface area contributed by atoms with Crippen LogP contribution in [0.5, 0.6) is 0 Å². The first-order chi connectivity index (χ1) is 8.89. The summed E-state index contributed by atoms with van der Waals surface area (Å²) in [6.07, 6.45) is -0.243. The number of nitrogens with one attached hydrogen (secondary N) is 1. The molecule has 2 heterocycles. The molecule has 0 spiro atoms. The number of sulfonamides is 1. The van der Waals surface area contributed by atoms with Gasteiger partial charge in [-0.05, 0) is 12.1 Å². The highest BCUT2D eigenvalue weighted by Crippen LogP contribution is 2.25. The molecule has 1 aliphatic heterocycles. The number of hydrogen-bond donors (Lipinski definition) is 1. The summed E-state index contributed by atoms with van der Waals surface area (Å²) in [4.78, 5) is 12.3. The Hall–Kier alpha value is -0.960. The zero-order valence-electron chi connectivity index (χ0n) is 10.6. The van der Waals surface area contributed by atoms with Crippen LogP contribution in [0.3, 0.4) is 0 Å². The number of carboxylic acid groups (broad SMARTS) is 1. The lowest BCUT2D eigenvalue weighted by atomic mass is 10.3. The number of quaternary nitrogens is 1. The molecule has 0 aromatic carbocycles. The first-order valence-corrected chi connectivity index (χ1v) is 8.25. The van der Waals surface area contributed by atoms with Crippen LogP contribution in [0.25, 0.3) is 0 Å². The molecule has 1 N–H and O–H groups in total. The van der Waals surface area contributed by atoms with Gasteiger partial charge >= 0.3 is 0 Å². The molecule has 1 aromatic heterocycles. The van der Waals surface area contributed by atoms with Crippen LogP contribution in [-0.2, 0) is 21.2 Å². The van der Waals surface area contributed by atoms with Crippen LogP contribution in [-0.4, -0.2) is 51.9 Å². The van der Waals surface area contributed by atoms with Crippen molar-refractivity contribution in [3.05, 3.63) is 17.0 Å². The van der Waals surface area contributed by atoms with Crippen molar-refractivity contribution < 1.29 is 23.2 Å². The van der Waals surface area contributed by atoms with E-state index < -0.39 is 16.0 Å². The third-order valence-corrected chi connectivity index (χ3v) is 6.58. The highest BCUT2D eigenvalue weighted by Gasteiger charge is 2.30. The van der Waals surface area contributed by atoms with Gasteiger partial charge in [-0.25, -0.2) is 8.42 Å². The number of thiophene rings is 1. The minimum atomic E-state index is -3.48. The molecule has 106 valence electrons. The van der Waals surface area contributed by atoms with E-state index in [0.717, 1.165) is 24.4 Å². The molecule has 19 heavy (non-hydrogen) atoms. The first kappa shape index (κ1) is 14.4. The van der Waals surface area contributed by atoms with Crippen molar-refractivity contribution in [3.63, 3.8) is 0 Å². The number of carbonyl (C=O) groups excluding carboxylic acids is 1. The average Bonchev–Trinajstić information content (AvgIpc) is 2.78. The molecule has 0 radical (unpaired) electrons. The lowest BCUT2D eigenvalue weighted by Crippen LogP contribution is -3.12. The van der Waals surface area contributed by atoms with Gasteiger partial charge in [0.1, 0.15) is 4.21 Å². The molecular weight excluding hydrogens is 288 g/mol. The van der Waals surface area contributed by atoms with Gasteiger partial charge in [0.05, 0.1) is 33.2 Å². The van der Waals surface area contributed by atoms with Gasteiger partial charge in [0.15, 0.2) is 0 Å². The first-order valence-electron chi connectivity index (χ1n) is 5.99. The van der Waals surface area contributed by atoms with Crippen LogP contribution < -0.4 is 10.0 Å². The molecule has 0 amide bonds. The summed E-state index contributed by atoms with van der Waals surface area (Å²) in [5.74, 6) is -1.20. The van der Waals surface area contributed by atoms with Crippen molar-refractivity contribution in [2.24, 2.45) is 0 Å². The van der Waals surface area contributed by atoms with Crippen LogP contribution in [0.15, 0.2) is 16.3 Å². The molecule has 1 saturated heterocycles. The fourth-order valence-corrected chi connectivity index (χ4v) is 4.91. The fraction of sp³-hybridized carbons (Fsp3) is 0.545. The maximum absolute atomic E-state index is 12.4. The monoisotopic (exact) mass is 304 g/mol. The van der Waals surface area contributed by atoms with Crippen molar-refractivity contribution >= 4 is 27.3 Å². The number of hydrogen-bond acceptors (Lipinski definition) is 5. The molecule has 1 aliphatic rings. The van der Waals surface area contributed by atoms with E-state index in [1.807, 2.05) is 7.05 Å². The smallest absolute Gasteiger partial charge is 0.252 e. The minimum absolute atomic E-state index is 0.211. The second-order valence-electron chi connectivity index (χ2n) is 4.63. The fourth-order valence-electron chi connectivity index (χ4n) is 1.97. The van der Waals surface area contributed by atoms with Gasteiger partial charge in [-0.3, -0.25) is 0 Å². The largest absolute Gasteiger partial charge is 0.550 e. The van der Waals surface area contributed by atoms with Gasteiger partial charge in [0, 0.05) is 17.3 Å². The van der Waals surface area contributed by atoms with E-state index in [4.69, 9.17) is 0 Å². The molecule has 0 bridgehead atoms. The van der Waals surface area contributed by atoms with Crippen LogP contribution >= 0.6 is 11.3 Å². The summed E-state index contributed by atoms with van der Waals surface area (Å²) in [6.45, 7) is 2.58. The predicted octanol–water partition coefficient (Wildman–Crippen LogP) is -2.44.